The molecule has 1 rings (SSSR count). The molecule has 0 saturated heterocycles. The van der Waals surface area contributed by atoms with Gasteiger partial charge in [-0.05, 0) is 24.1 Å². The van der Waals surface area contributed by atoms with Gasteiger partial charge in [0.25, 0.3) is 0 Å². The van der Waals surface area contributed by atoms with E-state index in [1.165, 1.54) is 12.8 Å². The summed E-state index contributed by atoms with van der Waals surface area (Å²) in [5.41, 5.74) is 7.21. The quantitative estimate of drug-likeness (QED) is 0.780. The molecule has 1 unspecified atom stereocenters. The molecule has 0 aliphatic carbocycles. The molecule has 0 aromatic heterocycles. The largest absolute Gasteiger partial charge is 0.497 e. The first-order chi connectivity index (χ1) is 6.77. The van der Waals surface area contributed by atoms with E-state index in [9.17, 15) is 0 Å². The highest BCUT2D eigenvalue weighted by molar-refractivity contribution is 5.30. The maximum atomic E-state index is 6.05. The van der Waals surface area contributed by atoms with Crippen LogP contribution in [0, 0.1) is 0 Å². The molecule has 2 heteroatoms. The van der Waals surface area contributed by atoms with Crippen LogP contribution in [0.4, 0.5) is 0 Å². The Morgan fingerprint density at radius 1 is 1.43 bits per heavy atom. The van der Waals surface area contributed by atoms with Gasteiger partial charge in [0.2, 0.25) is 0 Å². The van der Waals surface area contributed by atoms with E-state index < -0.39 is 0 Å². The van der Waals surface area contributed by atoms with E-state index in [2.05, 4.69) is 13.0 Å². The Morgan fingerprint density at radius 3 is 2.86 bits per heavy atom. The lowest BCUT2D eigenvalue weighted by Crippen LogP contribution is -2.09. The number of rotatable bonds is 5. The van der Waals surface area contributed by atoms with Crippen molar-refractivity contribution in [1.29, 1.82) is 0 Å². The van der Waals surface area contributed by atoms with Crippen molar-refractivity contribution < 1.29 is 4.74 Å². The molecule has 0 aliphatic heterocycles. The standard InChI is InChI=1S/C12H19NO/c1-3-4-8-12(13)10-6-5-7-11(9-10)14-2/h5-7,9,12H,3-4,8,13H2,1-2H3. The average Bonchev–Trinajstić information content (AvgIpc) is 2.26. The summed E-state index contributed by atoms with van der Waals surface area (Å²) in [7, 11) is 1.68. The lowest BCUT2D eigenvalue weighted by atomic mass is 10.0. The van der Waals surface area contributed by atoms with Crippen LogP contribution in [-0.2, 0) is 0 Å². The predicted molar refractivity (Wildman–Crippen MR) is 59.4 cm³/mol. The molecule has 2 nitrogen and oxygen atoms in total. The molecule has 1 aromatic rings. The first-order valence-corrected chi connectivity index (χ1v) is 5.17. The van der Waals surface area contributed by atoms with Crippen molar-refractivity contribution in [1.82, 2.24) is 0 Å². The molecule has 0 fully saturated rings. The summed E-state index contributed by atoms with van der Waals surface area (Å²) in [6, 6.07) is 8.14. The van der Waals surface area contributed by atoms with E-state index in [1.54, 1.807) is 7.11 Å². The van der Waals surface area contributed by atoms with E-state index in [0.29, 0.717) is 0 Å². The van der Waals surface area contributed by atoms with Crippen LogP contribution < -0.4 is 10.5 Å². The van der Waals surface area contributed by atoms with Crippen molar-refractivity contribution in [2.45, 2.75) is 32.2 Å². The molecule has 0 saturated carbocycles. The molecule has 0 radical (unpaired) electrons. The second kappa shape index (κ2) is 5.66. The van der Waals surface area contributed by atoms with E-state index in [0.717, 1.165) is 17.7 Å². The van der Waals surface area contributed by atoms with Gasteiger partial charge in [-0.15, -0.1) is 0 Å². The highest BCUT2D eigenvalue weighted by Gasteiger charge is 2.05. The minimum atomic E-state index is 0.144. The molecule has 1 atom stereocenters. The smallest absolute Gasteiger partial charge is 0.119 e. The number of hydrogen-bond donors (Lipinski definition) is 1. The molecule has 14 heavy (non-hydrogen) atoms. The maximum Gasteiger partial charge on any atom is 0.119 e. The van der Waals surface area contributed by atoms with Crippen molar-refractivity contribution >= 4 is 0 Å². The summed E-state index contributed by atoms with van der Waals surface area (Å²) < 4.78 is 5.15. The minimum absolute atomic E-state index is 0.144. The molecular weight excluding hydrogens is 174 g/mol. The Balaban J connectivity index is 2.64. The highest BCUT2D eigenvalue weighted by atomic mass is 16.5. The molecule has 2 N–H and O–H groups in total. The number of ether oxygens (including phenoxy) is 1. The van der Waals surface area contributed by atoms with Crippen LogP contribution in [0.2, 0.25) is 0 Å². The van der Waals surface area contributed by atoms with Crippen molar-refractivity contribution in [3.05, 3.63) is 29.8 Å². The third-order valence-electron chi connectivity index (χ3n) is 2.39. The average molecular weight is 193 g/mol. The van der Waals surface area contributed by atoms with Gasteiger partial charge in [-0.25, -0.2) is 0 Å². The van der Waals surface area contributed by atoms with Gasteiger partial charge >= 0.3 is 0 Å². The minimum Gasteiger partial charge on any atom is -0.497 e. The van der Waals surface area contributed by atoms with Crippen molar-refractivity contribution in [3.8, 4) is 5.75 Å². The van der Waals surface area contributed by atoms with Crippen LogP contribution in [0.3, 0.4) is 0 Å². The zero-order chi connectivity index (χ0) is 10.4. The molecule has 0 spiro atoms. The van der Waals surface area contributed by atoms with Crippen LogP contribution in [0.15, 0.2) is 24.3 Å². The predicted octanol–water partition coefficient (Wildman–Crippen LogP) is 2.89. The van der Waals surface area contributed by atoms with Gasteiger partial charge in [-0.3, -0.25) is 0 Å². The van der Waals surface area contributed by atoms with Gasteiger partial charge in [-0.2, -0.15) is 0 Å². The Bertz CT molecular complexity index is 273. The van der Waals surface area contributed by atoms with Gasteiger partial charge in [0.1, 0.15) is 5.75 Å². The van der Waals surface area contributed by atoms with Crippen LogP contribution >= 0.6 is 0 Å². The number of benzene rings is 1. The molecule has 1 aromatic carbocycles. The van der Waals surface area contributed by atoms with Crippen LogP contribution in [-0.4, -0.2) is 7.11 Å². The molecule has 0 amide bonds. The fourth-order valence-corrected chi connectivity index (χ4v) is 1.46. The molecular formula is C12H19NO. The topological polar surface area (TPSA) is 35.2 Å². The van der Waals surface area contributed by atoms with Gasteiger partial charge in [0.05, 0.1) is 7.11 Å². The molecule has 0 heterocycles. The summed E-state index contributed by atoms with van der Waals surface area (Å²) >= 11 is 0. The number of methoxy groups -OCH3 is 1. The normalized spacial score (nSPS) is 12.5. The van der Waals surface area contributed by atoms with Crippen molar-refractivity contribution in [2.75, 3.05) is 7.11 Å². The van der Waals surface area contributed by atoms with Gasteiger partial charge in [-0.1, -0.05) is 31.9 Å². The Kier molecular flexibility index (Phi) is 4.47. The number of hydrogen-bond acceptors (Lipinski definition) is 2. The zero-order valence-corrected chi connectivity index (χ0v) is 8.99. The third-order valence-corrected chi connectivity index (χ3v) is 2.39. The molecule has 78 valence electrons. The summed E-state index contributed by atoms with van der Waals surface area (Å²) in [5.74, 6) is 0.884. The zero-order valence-electron chi connectivity index (χ0n) is 8.99. The van der Waals surface area contributed by atoms with Gasteiger partial charge in [0.15, 0.2) is 0 Å². The fourth-order valence-electron chi connectivity index (χ4n) is 1.46. The summed E-state index contributed by atoms with van der Waals surface area (Å²) in [5, 5.41) is 0. The Morgan fingerprint density at radius 2 is 2.21 bits per heavy atom. The van der Waals surface area contributed by atoms with E-state index in [1.807, 2.05) is 18.2 Å². The summed E-state index contributed by atoms with van der Waals surface area (Å²) in [4.78, 5) is 0. The van der Waals surface area contributed by atoms with Crippen LogP contribution in [0.5, 0.6) is 5.75 Å². The Hall–Kier alpha value is -1.02. The first kappa shape index (κ1) is 11.1. The van der Waals surface area contributed by atoms with Crippen LogP contribution in [0.25, 0.3) is 0 Å². The first-order valence-electron chi connectivity index (χ1n) is 5.17. The SMILES string of the molecule is CCCCC(N)c1cccc(OC)c1. The van der Waals surface area contributed by atoms with Gasteiger partial charge in [0, 0.05) is 6.04 Å². The Labute approximate surface area is 86.1 Å². The van der Waals surface area contributed by atoms with Gasteiger partial charge < -0.3 is 10.5 Å². The maximum absolute atomic E-state index is 6.05. The lowest BCUT2D eigenvalue weighted by molar-refractivity contribution is 0.413. The van der Waals surface area contributed by atoms with Crippen molar-refractivity contribution in [2.24, 2.45) is 5.73 Å². The van der Waals surface area contributed by atoms with E-state index in [-0.39, 0.29) is 6.04 Å². The van der Waals surface area contributed by atoms with E-state index in [4.69, 9.17) is 10.5 Å². The third kappa shape index (κ3) is 3.04. The molecule has 0 bridgehead atoms. The highest BCUT2D eigenvalue weighted by Crippen LogP contribution is 2.20. The number of unbranched alkanes of at least 4 members (excludes halogenated alkanes) is 1. The fraction of sp³-hybridized carbons (Fsp3) is 0.500. The lowest BCUT2D eigenvalue weighted by Gasteiger charge is -2.12. The second-order valence-electron chi connectivity index (χ2n) is 3.53. The summed E-state index contributed by atoms with van der Waals surface area (Å²) in [6.45, 7) is 2.18. The van der Waals surface area contributed by atoms with Crippen LogP contribution in [0.1, 0.15) is 37.8 Å². The second-order valence-corrected chi connectivity index (χ2v) is 3.53. The molecule has 0 aliphatic rings. The monoisotopic (exact) mass is 193 g/mol. The summed E-state index contributed by atoms with van der Waals surface area (Å²) in [6.07, 6.45) is 3.42. The van der Waals surface area contributed by atoms with E-state index >= 15 is 0 Å². The number of nitrogens with two attached hydrogens (primary N) is 1. The van der Waals surface area contributed by atoms with Crippen molar-refractivity contribution in [3.63, 3.8) is 0 Å².